The van der Waals surface area contributed by atoms with E-state index in [1.54, 1.807) is 0 Å². The van der Waals surface area contributed by atoms with Crippen LogP contribution in [0.5, 0.6) is 0 Å². The van der Waals surface area contributed by atoms with Crippen molar-refractivity contribution >= 4 is 5.97 Å². The van der Waals surface area contributed by atoms with Gasteiger partial charge in [-0.2, -0.15) is 0 Å². The van der Waals surface area contributed by atoms with Crippen LogP contribution in [0.1, 0.15) is 19.8 Å². The summed E-state index contributed by atoms with van der Waals surface area (Å²) in [6, 6.07) is 0. The summed E-state index contributed by atoms with van der Waals surface area (Å²) in [6.45, 7) is 7.47. The molecule has 3 nitrogen and oxygen atoms in total. The molecule has 0 atom stereocenters. The molecule has 0 aromatic rings. The number of allylic oxidation sites excluding steroid dienone is 3. The SMILES string of the molecule is C=CC(=O)OCCN(C)C/C=C/C=C/CCC. The number of hydrogen-bond donors (Lipinski definition) is 0. The first-order valence-electron chi connectivity index (χ1n) is 6.00. The Kier molecular flexibility index (Phi) is 10.3. The van der Waals surface area contributed by atoms with Crippen LogP contribution in [-0.4, -0.2) is 37.6 Å². The summed E-state index contributed by atoms with van der Waals surface area (Å²) in [6.07, 6.45) is 11.8. The first-order chi connectivity index (χ1) is 8.20. The predicted molar refractivity (Wildman–Crippen MR) is 71.8 cm³/mol. The van der Waals surface area contributed by atoms with Crippen LogP contribution in [0.15, 0.2) is 37.0 Å². The molecule has 0 aromatic heterocycles. The van der Waals surface area contributed by atoms with Gasteiger partial charge in [0.2, 0.25) is 0 Å². The van der Waals surface area contributed by atoms with E-state index in [0.29, 0.717) is 6.61 Å². The van der Waals surface area contributed by atoms with Gasteiger partial charge in [-0.3, -0.25) is 4.90 Å². The lowest BCUT2D eigenvalue weighted by molar-refractivity contribution is -0.138. The average Bonchev–Trinajstić information content (AvgIpc) is 2.33. The maximum Gasteiger partial charge on any atom is 0.330 e. The number of unbranched alkanes of at least 4 members (excludes halogenated alkanes) is 1. The second-order valence-electron chi connectivity index (χ2n) is 3.78. The van der Waals surface area contributed by atoms with Gasteiger partial charge in [-0.25, -0.2) is 4.79 Å². The molecule has 0 aliphatic rings. The van der Waals surface area contributed by atoms with E-state index >= 15 is 0 Å². The first-order valence-corrected chi connectivity index (χ1v) is 6.00. The summed E-state index contributed by atoms with van der Waals surface area (Å²) < 4.78 is 4.88. The fourth-order valence-corrected chi connectivity index (χ4v) is 1.11. The molecule has 96 valence electrons. The Labute approximate surface area is 104 Å². The fraction of sp³-hybridized carbons (Fsp3) is 0.500. The highest BCUT2D eigenvalue weighted by Gasteiger charge is 1.98. The number of carbonyl (C=O) groups is 1. The molecule has 0 amide bonds. The quantitative estimate of drug-likeness (QED) is 0.351. The summed E-state index contributed by atoms with van der Waals surface area (Å²) in [5.41, 5.74) is 0. The molecule has 0 fully saturated rings. The van der Waals surface area contributed by atoms with Gasteiger partial charge in [0, 0.05) is 19.2 Å². The minimum atomic E-state index is -0.364. The smallest absolute Gasteiger partial charge is 0.330 e. The van der Waals surface area contributed by atoms with Crippen LogP contribution in [0.25, 0.3) is 0 Å². The molecule has 0 aromatic carbocycles. The van der Waals surface area contributed by atoms with Gasteiger partial charge in [0.25, 0.3) is 0 Å². The lowest BCUT2D eigenvalue weighted by Crippen LogP contribution is -2.24. The predicted octanol–water partition coefficient (Wildman–Crippen LogP) is 2.56. The highest BCUT2D eigenvalue weighted by molar-refractivity contribution is 5.81. The van der Waals surface area contributed by atoms with Gasteiger partial charge >= 0.3 is 5.97 Å². The van der Waals surface area contributed by atoms with Crippen LogP contribution in [-0.2, 0) is 9.53 Å². The largest absolute Gasteiger partial charge is 0.461 e. The second-order valence-corrected chi connectivity index (χ2v) is 3.78. The van der Waals surface area contributed by atoms with Crippen LogP contribution >= 0.6 is 0 Å². The zero-order valence-corrected chi connectivity index (χ0v) is 10.9. The van der Waals surface area contributed by atoms with Crippen LogP contribution in [0.3, 0.4) is 0 Å². The van der Waals surface area contributed by atoms with E-state index in [2.05, 4.69) is 36.6 Å². The van der Waals surface area contributed by atoms with Crippen LogP contribution in [0.2, 0.25) is 0 Å². The molecular weight excluding hydrogens is 214 g/mol. The van der Waals surface area contributed by atoms with E-state index in [0.717, 1.165) is 19.5 Å². The minimum absolute atomic E-state index is 0.364. The maximum atomic E-state index is 10.8. The molecule has 0 bridgehead atoms. The van der Waals surface area contributed by atoms with Crippen molar-refractivity contribution in [2.24, 2.45) is 0 Å². The molecule has 3 heteroatoms. The molecule has 0 saturated carbocycles. The van der Waals surface area contributed by atoms with Crippen molar-refractivity contribution in [3.05, 3.63) is 37.0 Å². The Bertz CT molecular complexity index is 269. The molecule has 0 aliphatic carbocycles. The molecule has 0 radical (unpaired) electrons. The molecule has 0 spiro atoms. The lowest BCUT2D eigenvalue weighted by atomic mass is 10.3. The van der Waals surface area contributed by atoms with Crippen molar-refractivity contribution in [1.29, 1.82) is 0 Å². The van der Waals surface area contributed by atoms with Gasteiger partial charge in [-0.1, -0.05) is 44.2 Å². The summed E-state index contributed by atoms with van der Waals surface area (Å²) >= 11 is 0. The lowest BCUT2D eigenvalue weighted by Gasteiger charge is -2.13. The van der Waals surface area contributed by atoms with Crippen molar-refractivity contribution in [3.63, 3.8) is 0 Å². The number of rotatable bonds is 9. The number of esters is 1. The van der Waals surface area contributed by atoms with E-state index in [9.17, 15) is 4.79 Å². The Morgan fingerprint density at radius 3 is 2.71 bits per heavy atom. The van der Waals surface area contributed by atoms with Crippen molar-refractivity contribution in [3.8, 4) is 0 Å². The molecule has 0 heterocycles. The van der Waals surface area contributed by atoms with Crippen molar-refractivity contribution < 1.29 is 9.53 Å². The summed E-state index contributed by atoms with van der Waals surface area (Å²) in [5, 5.41) is 0. The van der Waals surface area contributed by atoms with Gasteiger partial charge in [0.15, 0.2) is 0 Å². The topological polar surface area (TPSA) is 29.5 Å². The molecule has 0 rings (SSSR count). The van der Waals surface area contributed by atoms with Gasteiger partial charge in [-0.05, 0) is 13.5 Å². The summed E-state index contributed by atoms with van der Waals surface area (Å²) in [4.78, 5) is 12.9. The highest BCUT2D eigenvalue weighted by atomic mass is 16.5. The standard InChI is InChI=1S/C14H23NO2/c1-4-6-7-8-9-10-11-15(3)12-13-17-14(16)5-2/h5,7-10H,2,4,6,11-13H2,1,3H3/b8-7+,10-9+. The van der Waals surface area contributed by atoms with Gasteiger partial charge in [0.05, 0.1) is 0 Å². The third-order valence-electron chi connectivity index (χ3n) is 2.14. The fourth-order valence-electron chi connectivity index (χ4n) is 1.11. The molecule has 0 aliphatic heterocycles. The normalized spacial score (nSPS) is 11.5. The van der Waals surface area contributed by atoms with Crippen molar-refractivity contribution in [2.45, 2.75) is 19.8 Å². The number of likely N-dealkylation sites (N-methyl/N-ethyl adjacent to an activating group) is 1. The van der Waals surface area contributed by atoms with Crippen LogP contribution in [0, 0.1) is 0 Å². The van der Waals surface area contributed by atoms with E-state index in [1.807, 2.05) is 13.1 Å². The first kappa shape index (κ1) is 15.7. The zero-order chi connectivity index (χ0) is 12.9. The van der Waals surface area contributed by atoms with Crippen molar-refractivity contribution in [1.82, 2.24) is 4.90 Å². The monoisotopic (exact) mass is 237 g/mol. The van der Waals surface area contributed by atoms with E-state index in [-0.39, 0.29) is 5.97 Å². The van der Waals surface area contributed by atoms with Crippen LogP contribution in [0.4, 0.5) is 0 Å². The Morgan fingerprint density at radius 2 is 2.06 bits per heavy atom. The summed E-state index contributed by atoms with van der Waals surface area (Å²) in [7, 11) is 1.99. The maximum absolute atomic E-state index is 10.8. The van der Waals surface area contributed by atoms with Gasteiger partial charge in [0.1, 0.15) is 6.61 Å². The molecule has 0 unspecified atom stereocenters. The molecule has 17 heavy (non-hydrogen) atoms. The highest BCUT2D eigenvalue weighted by Crippen LogP contribution is 1.90. The number of carbonyl (C=O) groups excluding carboxylic acids is 1. The molecular formula is C14H23NO2. The number of ether oxygens (including phenoxy) is 1. The second kappa shape index (κ2) is 11.1. The van der Waals surface area contributed by atoms with E-state index in [1.165, 1.54) is 12.5 Å². The third kappa shape index (κ3) is 10.9. The summed E-state index contributed by atoms with van der Waals surface area (Å²) in [5.74, 6) is -0.364. The third-order valence-corrected chi connectivity index (χ3v) is 2.14. The Morgan fingerprint density at radius 1 is 1.35 bits per heavy atom. The number of hydrogen-bond acceptors (Lipinski definition) is 3. The van der Waals surface area contributed by atoms with Gasteiger partial charge < -0.3 is 4.74 Å². The van der Waals surface area contributed by atoms with E-state index in [4.69, 9.17) is 4.74 Å². The van der Waals surface area contributed by atoms with Crippen molar-refractivity contribution in [2.75, 3.05) is 26.7 Å². The zero-order valence-electron chi connectivity index (χ0n) is 10.9. The minimum Gasteiger partial charge on any atom is -0.461 e. The Balaban J connectivity index is 3.55. The number of nitrogens with zero attached hydrogens (tertiary/aromatic N) is 1. The van der Waals surface area contributed by atoms with Gasteiger partial charge in [-0.15, -0.1) is 0 Å². The average molecular weight is 237 g/mol. The van der Waals surface area contributed by atoms with E-state index < -0.39 is 0 Å². The van der Waals surface area contributed by atoms with Crippen LogP contribution < -0.4 is 0 Å². The Hall–Kier alpha value is -1.35. The molecule has 0 N–H and O–H groups in total. The molecule has 0 saturated heterocycles.